The maximum Gasteiger partial charge on any atom is 0.266 e. The van der Waals surface area contributed by atoms with Crippen molar-refractivity contribution < 1.29 is 12.9 Å². The predicted octanol–water partition coefficient (Wildman–Crippen LogP) is 0.0872. The summed E-state index contributed by atoms with van der Waals surface area (Å²) in [6, 6.07) is 3.20. The lowest BCUT2D eigenvalue weighted by Crippen LogP contribution is -2.32. The van der Waals surface area contributed by atoms with Crippen LogP contribution >= 0.6 is 0 Å². The van der Waals surface area contributed by atoms with Gasteiger partial charge in [-0.15, -0.1) is 0 Å². The molecule has 1 aliphatic carbocycles. The highest BCUT2D eigenvalue weighted by Crippen LogP contribution is 2.38. The summed E-state index contributed by atoms with van der Waals surface area (Å²) in [6.45, 7) is 0.235. The lowest BCUT2D eigenvalue weighted by Gasteiger charge is -2.07. The Hall–Kier alpha value is -2.00. The summed E-state index contributed by atoms with van der Waals surface area (Å²) in [5.41, 5.74) is 0.639. The zero-order valence-electron chi connectivity index (χ0n) is 11.1. The Morgan fingerprint density at radius 3 is 2.86 bits per heavy atom. The van der Waals surface area contributed by atoms with Crippen molar-refractivity contribution in [1.82, 2.24) is 19.7 Å². The van der Waals surface area contributed by atoms with Crippen LogP contribution in [0.3, 0.4) is 0 Å². The van der Waals surface area contributed by atoms with Crippen LogP contribution in [0, 0.1) is 0 Å². The van der Waals surface area contributed by atoms with Gasteiger partial charge >= 0.3 is 0 Å². The van der Waals surface area contributed by atoms with Crippen LogP contribution in [0.2, 0.25) is 0 Å². The van der Waals surface area contributed by atoms with Gasteiger partial charge in [-0.2, -0.15) is 5.10 Å². The lowest BCUT2D eigenvalue weighted by molar-refractivity contribution is 0.417. The second kappa shape index (κ2) is 5.41. The average molecular weight is 310 g/mol. The molecule has 0 spiro atoms. The van der Waals surface area contributed by atoms with Crippen molar-refractivity contribution in [2.24, 2.45) is 0 Å². The number of hydrogen-bond acceptors (Lipinski definition) is 6. The van der Waals surface area contributed by atoms with Gasteiger partial charge in [0.05, 0.1) is 18.4 Å². The van der Waals surface area contributed by atoms with Crippen LogP contribution in [-0.2, 0) is 16.6 Å². The minimum atomic E-state index is -3.66. The molecular weight excluding hydrogens is 296 g/mol. The van der Waals surface area contributed by atoms with E-state index in [1.807, 2.05) is 0 Å². The smallest absolute Gasteiger partial charge is 0.266 e. The van der Waals surface area contributed by atoms with Crippen molar-refractivity contribution in [2.75, 3.05) is 6.54 Å². The molecule has 0 radical (unpaired) electrons. The molecule has 1 N–H and O–H groups in total. The molecule has 0 amide bonds. The fraction of sp³-hybridized carbons (Fsp3) is 0.417. The average Bonchev–Trinajstić information content (AvgIpc) is 3.14. The number of rotatable bonds is 6. The van der Waals surface area contributed by atoms with Gasteiger partial charge in [-0.25, -0.2) is 17.8 Å². The first-order valence-corrected chi connectivity index (χ1v) is 8.02. The monoisotopic (exact) mass is 310 g/mol. The largest absolute Gasteiger partial charge is 0.363 e. The van der Waals surface area contributed by atoms with E-state index in [9.17, 15) is 13.2 Å². The molecule has 112 valence electrons. The summed E-state index contributed by atoms with van der Waals surface area (Å²) in [7, 11) is -3.66. The molecule has 0 aliphatic heterocycles. The number of nitrogens with zero attached hydrogens (tertiary/aromatic N) is 3. The van der Waals surface area contributed by atoms with Crippen molar-refractivity contribution in [3.8, 4) is 0 Å². The van der Waals surface area contributed by atoms with Gasteiger partial charge in [0.15, 0.2) is 0 Å². The molecule has 0 atom stereocenters. The van der Waals surface area contributed by atoms with Crippen LogP contribution in [0.25, 0.3) is 0 Å². The van der Waals surface area contributed by atoms with E-state index >= 15 is 0 Å². The summed E-state index contributed by atoms with van der Waals surface area (Å²) in [5.74, 6) is 0.436. The third kappa shape index (κ3) is 3.19. The molecular formula is C12H14N4O4S. The minimum Gasteiger partial charge on any atom is -0.363 e. The van der Waals surface area contributed by atoms with Crippen LogP contribution in [0.1, 0.15) is 24.5 Å². The Balaban J connectivity index is 1.65. The number of nitrogens with one attached hydrogen (secondary N) is 1. The topological polar surface area (TPSA) is 107 Å². The second-order valence-corrected chi connectivity index (χ2v) is 6.62. The molecule has 2 aromatic heterocycles. The normalized spacial score (nSPS) is 15.2. The van der Waals surface area contributed by atoms with Gasteiger partial charge in [0.1, 0.15) is 11.2 Å². The van der Waals surface area contributed by atoms with E-state index in [4.69, 9.17) is 0 Å². The van der Waals surface area contributed by atoms with Crippen LogP contribution in [-0.4, -0.2) is 29.9 Å². The highest BCUT2D eigenvalue weighted by atomic mass is 32.2. The zero-order valence-corrected chi connectivity index (χ0v) is 11.9. The summed E-state index contributed by atoms with van der Waals surface area (Å²) < 4.78 is 31.8. The first-order valence-electron chi connectivity index (χ1n) is 6.53. The fourth-order valence-electron chi connectivity index (χ4n) is 1.92. The van der Waals surface area contributed by atoms with Crippen molar-refractivity contribution in [2.45, 2.75) is 30.2 Å². The molecule has 1 fully saturated rings. The van der Waals surface area contributed by atoms with E-state index in [2.05, 4.69) is 19.5 Å². The standard InChI is InChI=1S/C12H14N4O4S/c17-12-4-3-11(9-1-2-9)15-16(12)6-5-14-21(18,19)10-7-13-20-8-10/h3-4,7-9,14H,1-2,5-6H2. The Labute approximate surface area is 120 Å². The highest BCUT2D eigenvalue weighted by Gasteiger charge is 2.25. The number of sulfonamides is 1. The van der Waals surface area contributed by atoms with E-state index in [1.165, 1.54) is 10.7 Å². The molecule has 8 nitrogen and oxygen atoms in total. The fourth-order valence-corrected chi connectivity index (χ4v) is 2.80. The molecule has 2 heterocycles. The van der Waals surface area contributed by atoms with E-state index < -0.39 is 10.0 Å². The first-order chi connectivity index (χ1) is 10.1. The quantitative estimate of drug-likeness (QED) is 0.810. The van der Waals surface area contributed by atoms with Gasteiger partial charge in [0.25, 0.3) is 5.56 Å². The van der Waals surface area contributed by atoms with Gasteiger partial charge in [-0.05, 0) is 18.9 Å². The Bertz CT molecular complexity index is 778. The van der Waals surface area contributed by atoms with Crippen molar-refractivity contribution >= 4 is 10.0 Å². The van der Waals surface area contributed by atoms with Gasteiger partial charge in [-0.1, -0.05) is 5.16 Å². The maximum atomic E-state index is 11.8. The Morgan fingerprint density at radius 1 is 1.38 bits per heavy atom. The van der Waals surface area contributed by atoms with Gasteiger partial charge in [0.2, 0.25) is 10.0 Å². The predicted molar refractivity (Wildman–Crippen MR) is 72.2 cm³/mol. The molecule has 1 aliphatic rings. The SMILES string of the molecule is O=c1ccc(C2CC2)nn1CCNS(=O)(=O)c1cnoc1. The van der Waals surface area contributed by atoms with E-state index in [-0.39, 0.29) is 23.5 Å². The molecule has 1 saturated carbocycles. The highest BCUT2D eigenvalue weighted by molar-refractivity contribution is 7.89. The van der Waals surface area contributed by atoms with Crippen molar-refractivity contribution in [3.05, 3.63) is 40.6 Å². The molecule has 0 aromatic carbocycles. The third-order valence-corrected chi connectivity index (χ3v) is 4.62. The lowest BCUT2D eigenvalue weighted by atomic mass is 10.3. The zero-order chi connectivity index (χ0) is 14.9. The van der Waals surface area contributed by atoms with E-state index in [1.54, 1.807) is 6.07 Å². The first kappa shape index (κ1) is 14.0. The number of aromatic nitrogens is 3. The maximum absolute atomic E-state index is 11.8. The molecule has 0 bridgehead atoms. The molecule has 3 rings (SSSR count). The Kier molecular flexibility index (Phi) is 3.60. The Morgan fingerprint density at radius 2 is 2.19 bits per heavy atom. The van der Waals surface area contributed by atoms with Crippen molar-refractivity contribution in [3.63, 3.8) is 0 Å². The minimum absolute atomic E-state index is 0.0467. The second-order valence-electron chi connectivity index (χ2n) is 4.85. The molecule has 9 heteroatoms. The van der Waals surface area contributed by atoms with Gasteiger partial charge < -0.3 is 4.52 Å². The molecule has 0 saturated heterocycles. The van der Waals surface area contributed by atoms with Gasteiger partial charge in [0, 0.05) is 18.5 Å². The summed E-state index contributed by atoms with van der Waals surface area (Å²) in [5, 5.41) is 7.60. The molecule has 21 heavy (non-hydrogen) atoms. The van der Waals surface area contributed by atoms with E-state index in [0.717, 1.165) is 31.0 Å². The third-order valence-electron chi connectivity index (χ3n) is 3.22. The molecule has 0 unspecified atom stereocenters. The number of hydrogen-bond donors (Lipinski definition) is 1. The van der Waals surface area contributed by atoms with Crippen LogP contribution < -0.4 is 10.3 Å². The molecule has 2 aromatic rings. The summed E-state index contributed by atoms with van der Waals surface area (Å²) in [4.78, 5) is 11.7. The summed E-state index contributed by atoms with van der Waals surface area (Å²) >= 11 is 0. The van der Waals surface area contributed by atoms with Crippen LogP contribution in [0.4, 0.5) is 0 Å². The van der Waals surface area contributed by atoms with Gasteiger partial charge in [-0.3, -0.25) is 4.79 Å². The van der Waals surface area contributed by atoms with Crippen molar-refractivity contribution in [1.29, 1.82) is 0 Å². The van der Waals surface area contributed by atoms with Crippen LogP contribution in [0.5, 0.6) is 0 Å². The van der Waals surface area contributed by atoms with Crippen LogP contribution in [0.15, 0.2) is 38.8 Å². The summed E-state index contributed by atoms with van der Waals surface area (Å²) in [6.07, 6.45) is 4.33. The van der Waals surface area contributed by atoms with E-state index in [0.29, 0.717) is 5.92 Å².